The maximum atomic E-state index is 10.9. The van der Waals surface area contributed by atoms with Crippen molar-refractivity contribution in [1.82, 2.24) is 9.78 Å². The highest BCUT2D eigenvalue weighted by molar-refractivity contribution is 7.90. The molecule has 0 bridgehead atoms. The molecule has 86 valence electrons. The van der Waals surface area contributed by atoms with Crippen LogP contribution in [-0.4, -0.2) is 35.3 Å². The Morgan fingerprint density at radius 2 is 2.20 bits per heavy atom. The maximum Gasteiger partial charge on any atom is 0.147 e. The molecule has 0 saturated carbocycles. The Kier molecular flexibility index (Phi) is 3.51. The van der Waals surface area contributed by atoms with Crippen molar-refractivity contribution in [2.24, 2.45) is 7.05 Å². The number of aliphatic hydroxyl groups excluding tert-OH is 1. The zero-order chi connectivity index (χ0) is 11.6. The average Bonchev–Trinajstić information content (AvgIpc) is 2.43. The smallest absolute Gasteiger partial charge is 0.147 e. The summed E-state index contributed by atoms with van der Waals surface area (Å²) in [6.45, 7) is 1.84. The standard InChI is InChI=1S/C9H16N2O3S/c1-7-8(6-10-11(7)2)9(12)4-5-15(3,13)14/h6,9,12H,4-5H2,1-3H3. The zero-order valence-electron chi connectivity index (χ0n) is 9.14. The SMILES string of the molecule is Cc1c(C(O)CCS(C)(=O)=O)cnn1C. The lowest BCUT2D eigenvalue weighted by molar-refractivity contribution is 0.173. The van der Waals surface area contributed by atoms with E-state index < -0.39 is 15.9 Å². The summed E-state index contributed by atoms with van der Waals surface area (Å²) in [6, 6.07) is 0. The summed E-state index contributed by atoms with van der Waals surface area (Å²) in [5, 5.41) is 13.7. The molecule has 1 aromatic heterocycles. The van der Waals surface area contributed by atoms with E-state index in [0.29, 0.717) is 5.56 Å². The lowest BCUT2D eigenvalue weighted by Gasteiger charge is -2.09. The Hall–Kier alpha value is -0.880. The normalized spacial score (nSPS) is 14.1. The molecular weight excluding hydrogens is 216 g/mol. The number of aliphatic hydroxyl groups is 1. The molecule has 0 radical (unpaired) electrons. The summed E-state index contributed by atoms with van der Waals surface area (Å²) >= 11 is 0. The summed E-state index contributed by atoms with van der Waals surface area (Å²) < 4.78 is 23.5. The first-order chi connectivity index (χ1) is 6.81. The third kappa shape index (κ3) is 3.32. The van der Waals surface area contributed by atoms with Gasteiger partial charge < -0.3 is 5.11 Å². The van der Waals surface area contributed by atoms with Crippen molar-refractivity contribution in [3.8, 4) is 0 Å². The fourth-order valence-electron chi connectivity index (χ4n) is 1.32. The quantitative estimate of drug-likeness (QED) is 0.804. The summed E-state index contributed by atoms with van der Waals surface area (Å²) in [4.78, 5) is 0. The minimum Gasteiger partial charge on any atom is -0.388 e. The second-order valence-electron chi connectivity index (χ2n) is 3.74. The Balaban J connectivity index is 2.70. The summed E-state index contributed by atoms with van der Waals surface area (Å²) in [7, 11) is -1.24. The molecule has 0 aliphatic carbocycles. The zero-order valence-corrected chi connectivity index (χ0v) is 9.95. The number of aromatic nitrogens is 2. The van der Waals surface area contributed by atoms with E-state index in [9.17, 15) is 13.5 Å². The van der Waals surface area contributed by atoms with Crippen LogP contribution in [-0.2, 0) is 16.9 Å². The van der Waals surface area contributed by atoms with E-state index in [0.717, 1.165) is 11.9 Å². The van der Waals surface area contributed by atoms with Gasteiger partial charge in [0.25, 0.3) is 0 Å². The summed E-state index contributed by atoms with van der Waals surface area (Å²) in [6.07, 6.45) is 2.19. The molecule has 15 heavy (non-hydrogen) atoms. The van der Waals surface area contributed by atoms with Gasteiger partial charge in [0.15, 0.2) is 0 Å². The second-order valence-corrected chi connectivity index (χ2v) is 6.00. The molecule has 1 rings (SSSR count). The fraction of sp³-hybridized carbons (Fsp3) is 0.667. The number of hydrogen-bond donors (Lipinski definition) is 1. The number of aryl methyl sites for hydroxylation is 1. The number of nitrogens with zero attached hydrogens (tertiary/aromatic N) is 2. The van der Waals surface area contributed by atoms with Crippen LogP contribution < -0.4 is 0 Å². The van der Waals surface area contributed by atoms with Crippen molar-refractivity contribution in [2.75, 3.05) is 12.0 Å². The molecule has 1 unspecified atom stereocenters. The van der Waals surface area contributed by atoms with E-state index in [-0.39, 0.29) is 12.2 Å². The maximum absolute atomic E-state index is 10.9. The van der Waals surface area contributed by atoms with Crippen molar-refractivity contribution in [1.29, 1.82) is 0 Å². The predicted octanol–water partition coefficient (Wildman–Crippen LogP) is 0.197. The van der Waals surface area contributed by atoms with Gasteiger partial charge >= 0.3 is 0 Å². The molecule has 1 aromatic rings. The Morgan fingerprint density at radius 3 is 2.60 bits per heavy atom. The lowest BCUT2D eigenvalue weighted by Crippen LogP contribution is -2.09. The van der Waals surface area contributed by atoms with E-state index in [2.05, 4.69) is 5.10 Å². The van der Waals surface area contributed by atoms with Gasteiger partial charge in [0.05, 0.1) is 18.1 Å². The van der Waals surface area contributed by atoms with Crippen LogP contribution in [0.15, 0.2) is 6.20 Å². The third-order valence-electron chi connectivity index (χ3n) is 2.39. The largest absolute Gasteiger partial charge is 0.388 e. The Bertz CT molecular complexity index is 436. The molecule has 1 heterocycles. The first kappa shape index (κ1) is 12.2. The molecule has 1 atom stereocenters. The Morgan fingerprint density at radius 1 is 1.60 bits per heavy atom. The Labute approximate surface area is 89.6 Å². The van der Waals surface area contributed by atoms with Crippen LogP contribution in [0.2, 0.25) is 0 Å². The van der Waals surface area contributed by atoms with Crippen molar-refractivity contribution in [2.45, 2.75) is 19.4 Å². The monoisotopic (exact) mass is 232 g/mol. The van der Waals surface area contributed by atoms with Gasteiger partial charge in [0.1, 0.15) is 9.84 Å². The van der Waals surface area contributed by atoms with Gasteiger partial charge in [-0.3, -0.25) is 4.68 Å². The molecule has 1 N–H and O–H groups in total. The van der Waals surface area contributed by atoms with Gasteiger partial charge in [-0.05, 0) is 13.3 Å². The van der Waals surface area contributed by atoms with E-state index in [4.69, 9.17) is 0 Å². The van der Waals surface area contributed by atoms with E-state index in [1.165, 1.54) is 0 Å². The number of sulfone groups is 1. The molecule has 0 aromatic carbocycles. The highest BCUT2D eigenvalue weighted by Gasteiger charge is 2.15. The first-order valence-electron chi connectivity index (χ1n) is 4.65. The molecule has 0 spiro atoms. The van der Waals surface area contributed by atoms with Gasteiger partial charge in [0, 0.05) is 24.6 Å². The molecule has 5 nitrogen and oxygen atoms in total. The predicted molar refractivity (Wildman–Crippen MR) is 57.2 cm³/mol. The molecule has 0 fully saturated rings. The molecule has 0 saturated heterocycles. The van der Waals surface area contributed by atoms with Crippen LogP contribution in [0.1, 0.15) is 23.8 Å². The van der Waals surface area contributed by atoms with Gasteiger partial charge in [-0.25, -0.2) is 8.42 Å². The van der Waals surface area contributed by atoms with E-state index in [1.54, 1.807) is 17.9 Å². The topological polar surface area (TPSA) is 72.2 Å². The van der Waals surface area contributed by atoms with Crippen LogP contribution in [0.25, 0.3) is 0 Å². The second kappa shape index (κ2) is 4.32. The third-order valence-corrected chi connectivity index (χ3v) is 3.37. The van der Waals surface area contributed by atoms with Crippen LogP contribution >= 0.6 is 0 Å². The molecule has 6 heteroatoms. The first-order valence-corrected chi connectivity index (χ1v) is 6.71. The van der Waals surface area contributed by atoms with Gasteiger partial charge in [-0.1, -0.05) is 0 Å². The van der Waals surface area contributed by atoms with Crippen LogP contribution in [0.5, 0.6) is 0 Å². The van der Waals surface area contributed by atoms with E-state index in [1.807, 2.05) is 6.92 Å². The highest BCUT2D eigenvalue weighted by Crippen LogP contribution is 2.19. The molecule has 0 amide bonds. The van der Waals surface area contributed by atoms with Crippen molar-refractivity contribution < 1.29 is 13.5 Å². The minimum absolute atomic E-state index is 0.0114. The van der Waals surface area contributed by atoms with Crippen LogP contribution in [0.3, 0.4) is 0 Å². The minimum atomic E-state index is -3.02. The summed E-state index contributed by atoms with van der Waals surface area (Å²) in [5.74, 6) is -0.0114. The summed E-state index contributed by atoms with van der Waals surface area (Å²) in [5.41, 5.74) is 1.55. The van der Waals surface area contributed by atoms with Crippen molar-refractivity contribution in [3.05, 3.63) is 17.5 Å². The van der Waals surface area contributed by atoms with Crippen LogP contribution in [0, 0.1) is 6.92 Å². The molecular formula is C9H16N2O3S. The van der Waals surface area contributed by atoms with E-state index >= 15 is 0 Å². The van der Waals surface area contributed by atoms with Crippen molar-refractivity contribution >= 4 is 9.84 Å². The fourth-order valence-corrected chi connectivity index (χ4v) is 1.98. The number of hydrogen-bond acceptors (Lipinski definition) is 4. The van der Waals surface area contributed by atoms with Crippen molar-refractivity contribution in [3.63, 3.8) is 0 Å². The van der Waals surface area contributed by atoms with Gasteiger partial charge in [-0.2, -0.15) is 5.10 Å². The van der Waals surface area contributed by atoms with Gasteiger partial charge in [-0.15, -0.1) is 0 Å². The average molecular weight is 232 g/mol. The molecule has 0 aliphatic rings. The van der Waals surface area contributed by atoms with Crippen LogP contribution in [0.4, 0.5) is 0 Å². The lowest BCUT2D eigenvalue weighted by atomic mass is 10.1. The number of rotatable bonds is 4. The molecule has 0 aliphatic heterocycles. The van der Waals surface area contributed by atoms with Gasteiger partial charge in [0.2, 0.25) is 0 Å². The highest BCUT2D eigenvalue weighted by atomic mass is 32.2.